The Bertz CT molecular complexity index is 898. The first kappa shape index (κ1) is 18.9. The van der Waals surface area contributed by atoms with Crippen LogP contribution in [0.2, 0.25) is 5.02 Å². The molecule has 0 spiro atoms. The normalized spacial score (nSPS) is 10.4. The molecule has 6 heteroatoms. The first-order valence-electron chi connectivity index (χ1n) is 8.57. The Morgan fingerprint density at radius 2 is 1.70 bits per heavy atom. The van der Waals surface area contributed by atoms with Crippen LogP contribution in [0.3, 0.4) is 0 Å². The number of amides is 1. The minimum Gasteiger partial charge on any atom is -0.366 e. The lowest BCUT2D eigenvalue weighted by Crippen LogP contribution is -2.25. The summed E-state index contributed by atoms with van der Waals surface area (Å²) in [6.07, 6.45) is 2.31. The molecule has 0 fully saturated rings. The Kier molecular flexibility index (Phi) is 6.39. The van der Waals surface area contributed by atoms with Gasteiger partial charge in [0.15, 0.2) is 0 Å². The van der Waals surface area contributed by atoms with Crippen molar-refractivity contribution >= 4 is 23.3 Å². The van der Waals surface area contributed by atoms with Crippen molar-refractivity contribution in [1.29, 1.82) is 0 Å². The molecule has 27 heavy (non-hydrogen) atoms. The average molecular weight is 384 g/mol. The van der Waals surface area contributed by atoms with Gasteiger partial charge in [-0.1, -0.05) is 35.9 Å². The highest BCUT2D eigenvalue weighted by Gasteiger charge is 2.07. The van der Waals surface area contributed by atoms with Crippen molar-refractivity contribution < 1.29 is 9.18 Å². The number of nitrogens with zero attached hydrogens (tertiary/aromatic N) is 1. The van der Waals surface area contributed by atoms with Crippen molar-refractivity contribution in [3.63, 3.8) is 0 Å². The van der Waals surface area contributed by atoms with Gasteiger partial charge >= 0.3 is 0 Å². The van der Waals surface area contributed by atoms with Gasteiger partial charge in [0.05, 0.1) is 0 Å². The molecule has 0 atom stereocenters. The maximum atomic E-state index is 12.9. The summed E-state index contributed by atoms with van der Waals surface area (Å²) in [5.74, 6) is 0.162. The van der Waals surface area contributed by atoms with Crippen LogP contribution in [0.5, 0.6) is 0 Å². The van der Waals surface area contributed by atoms with Crippen LogP contribution in [-0.4, -0.2) is 17.4 Å². The number of hydrogen-bond acceptors (Lipinski definition) is 3. The molecular weight excluding hydrogens is 365 g/mol. The van der Waals surface area contributed by atoms with E-state index in [-0.39, 0.29) is 11.7 Å². The standard InChI is InChI=1S/C21H19ClFN3O/c22-18-5-1-15(2-6-18)9-11-25-21(27)17-10-12-24-20(13-17)26-14-16-3-7-19(23)8-4-16/h1-8,10,12-13H,9,11,14H2,(H,24,26)(H,25,27). The van der Waals surface area contributed by atoms with Crippen LogP contribution in [0.15, 0.2) is 66.9 Å². The Morgan fingerprint density at radius 1 is 1.00 bits per heavy atom. The molecule has 0 aliphatic rings. The smallest absolute Gasteiger partial charge is 0.251 e. The van der Waals surface area contributed by atoms with Crippen LogP contribution in [0.25, 0.3) is 0 Å². The van der Waals surface area contributed by atoms with Crippen molar-refractivity contribution in [2.24, 2.45) is 0 Å². The summed E-state index contributed by atoms with van der Waals surface area (Å²) in [7, 11) is 0. The second-order valence-corrected chi connectivity index (χ2v) is 6.48. The number of carbonyl (C=O) groups excluding carboxylic acids is 1. The van der Waals surface area contributed by atoms with Gasteiger partial charge in [-0.05, 0) is 53.9 Å². The van der Waals surface area contributed by atoms with Gasteiger partial charge in [-0.3, -0.25) is 4.79 Å². The fourth-order valence-corrected chi connectivity index (χ4v) is 2.66. The molecule has 0 aliphatic heterocycles. The zero-order valence-electron chi connectivity index (χ0n) is 14.6. The van der Waals surface area contributed by atoms with Gasteiger partial charge < -0.3 is 10.6 Å². The van der Waals surface area contributed by atoms with E-state index in [4.69, 9.17) is 11.6 Å². The monoisotopic (exact) mass is 383 g/mol. The van der Waals surface area contributed by atoms with Gasteiger partial charge in [0, 0.05) is 29.9 Å². The van der Waals surface area contributed by atoms with E-state index in [2.05, 4.69) is 15.6 Å². The van der Waals surface area contributed by atoms with E-state index >= 15 is 0 Å². The molecule has 3 aromatic rings. The van der Waals surface area contributed by atoms with Crippen LogP contribution >= 0.6 is 11.6 Å². The van der Waals surface area contributed by atoms with Crippen molar-refractivity contribution in [1.82, 2.24) is 10.3 Å². The summed E-state index contributed by atoms with van der Waals surface area (Å²) in [5, 5.41) is 6.73. The second-order valence-electron chi connectivity index (χ2n) is 6.04. The van der Waals surface area contributed by atoms with Gasteiger partial charge in [-0.25, -0.2) is 9.37 Å². The molecule has 1 amide bonds. The summed E-state index contributed by atoms with van der Waals surface area (Å²) in [4.78, 5) is 16.5. The van der Waals surface area contributed by atoms with E-state index in [1.807, 2.05) is 24.3 Å². The molecule has 2 aromatic carbocycles. The van der Waals surface area contributed by atoms with Gasteiger partial charge in [0.1, 0.15) is 11.6 Å². The molecule has 0 radical (unpaired) electrons. The Morgan fingerprint density at radius 3 is 2.44 bits per heavy atom. The number of benzene rings is 2. The summed E-state index contributed by atoms with van der Waals surface area (Å²) in [5.41, 5.74) is 2.56. The molecule has 0 saturated heterocycles. The highest BCUT2D eigenvalue weighted by atomic mass is 35.5. The average Bonchev–Trinajstić information content (AvgIpc) is 2.69. The zero-order chi connectivity index (χ0) is 19.1. The van der Waals surface area contributed by atoms with Gasteiger partial charge in [-0.15, -0.1) is 0 Å². The number of anilines is 1. The van der Waals surface area contributed by atoms with Crippen molar-refractivity contribution in [2.45, 2.75) is 13.0 Å². The lowest BCUT2D eigenvalue weighted by Gasteiger charge is -2.09. The molecule has 3 rings (SSSR count). The first-order chi connectivity index (χ1) is 13.1. The number of halogens is 2. The molecule has 0 bridgehead atoms. The summed E-state index contributed by atoms with van der Waals surface area (Å²) < 4.78 is 12.9. The predicted molar refractivity (Wildman–Crippen MR) is 105 cm³/mol. The maximum absolute atomic E-state index is 12.9. The molecule has 1 aromatic heterocycles. The number of rotatable bonds is 7. The van der Waals surface area contributed by atoms with Gasteiger partial charge in [0.25, 0.3) is 5.91 Å². The zero-order valence-corrected chi connectivity index (χ0v) is 15.3. The highest BCUT2D eigenvalue weighted by molar-refractivity contribution is 6.30. The lowest BCUT2D eigenvalue weighted by atomic mass is 10.1. The number of hydrogen-bond donors (Lipinski definition) is 2. The third-order valence-electron chi connectivity index (χ3n) is 4.02. The summed E-state index contributed by atoms with van der Waals surface area (Å²) >= 11 is 5.86. The fourth-order valence-electron chi connectivity index (χ4n) is 2.54. The SMILES string of the molecule is O=C(NCCc1ccc(Cl)cc1)c1ccnc(NCc2ccc(F)cc2)c1. The lowest BCUT2D eigenvalue weighted by molar-refractivity contribution is 0.0954. The Hall–Kier alpha value is -2.92. The van der Waals surface area contributed by atoms with Crippen LogP contribution in [0.1, 0.15) is 21.5 Å². The van der Waals surface area contributed by atoms with Crippen LogP contribution in [0.4, 0.5) is 10.2 Å². The number of nitrogens with one attached hydrogen (secondary N) is 2. The molecule has 4 nitrogen and oxygen atoms in total. The second kappa shape index (κ2) is 9.14. The van der Waals surface area contributed by atoms with E-state index in [0.29, 0.717) is 29.5 Å². The molecule has 1 heterocycles. The molecule has 0 aliphatic carbocycles. The summed E-state index contributed by atoms with van der Waals surface area (Å²) in [6.45, 7) is 1.02. The van der Waals surface area contributed by atoms with Crippen LogP contribution in [0, 0.1) is 5.82 Å². The minimum absolute atomic E-state index is 0.156. The first-order valence-corrected chi connectivity index (χ1v) is 8.95. The third-order valence-corrected chi connectivity index (χ3v) is 4.27. The van der Waals surface area contributed by atoms with E-state index in [1.165, 1.54) is 12.1 Å². The van der Waals surface area contributed by atoms with E-state index < -0.39 is 0 Å². The number of carbonyl (C=O) groups is 1. The van der Waals surface area contributed by atoms with Crippen LogP contribution < -0.4 is 10.6 Å². The van der Waals surface area contributed by atoms with Crippen molar-refractivity contribution in [3.05, 3.63) is 94.4 Å². The van der Waals surface area contributed by atoms with Crippen molar-refractivity contribution in [3.8, 4) is 0 Å². The molecule has 0 unspecified atom stereocenters. The fraction of sp³-hybridized carbons (Fsp3) is 0.143. The van der Waals surface area contributed by atoms with Gasteiger partial charge in [-0.2, -0.15) is 0 Å². The van der Waals surface area contributed by atoms with Crippen molar-refractivity contribution in [2.75, 3.05) is 11.9 Å². The van der Waals surface area contributed by atoms with E-state index in [9.17, 15) is 9.18 Å². The third kappa shape index (κ3) is 5.79. The van der Waals surface area contributed by atoms with E-state index in [1.54, 1.807) is 30.5 Å². The molecule has 138 valence electrons. The number of aromatic nitrogens is 1. The topological polar surface area (TPSA) is 54.0 Å². The molecule has 2 N–H and O–H groups in total. The quantitative estimate of drug-likeness (QED) is 0.633. The predicted octanol–water partition coefficient (Wildman–Crippen LogP) is 4.46. The Balaban J connectivity index is 1.51. The van der Waals surface area contributed by atoms with E-state index in [0.717, 1.165) is 17.5 Å². The van der Waals surface area contributed by atoms with Crippen LogP contribution in [-0.2, 0) is 13.0 Å². The summed E-state index contributed by atoms with van der Waals surface area (Å²) in [6, 6.07) is 17.1. The molecular formula is C21H19ClFN3O. The maximum Gasteiger partial charge on any atom is 0.251 e. The number of pyridine rings is 1. The van der Waals surface area contributed by atoms with Gasteiger partial charge in [0.2, 0.25) is 0 Å². The highest BCUT2D eigenvalue weighted by Crippen LogP contribution is 2.11. The minimum atomic E-state index is -0.269. The largest absolute Gasteiger partial charge is 0.366 e. The Labute approximate surface area is 162 Å². The molecule has 0 saturated carbocycles.